The van der Waals surface area contributed by atoms with E-state index in [1.54, 1.807) is 0 Å². The molecule has 2 unspecified atom stereocenters. The summed E-state index contributed by atoms with van der Waals surface area (Å²) in [6, 6.07) is 0. The number of hydrogen-bond acceptors (Lipinski definition) is 8. The summed E-state index contributed by atoms with van der Waals surface area (Å²) in [7, 11) is 5.91. The molecule has 0 saturated carbocycles. The number of unbranched alkanes of at least 4 members (excludes halogenated alkanes) is 24. The molecular formula is C60H105NO8. The summed E-state index contributed by atoms with van der Waals surface area (Å²) in [5.41, 5.74) is 0. The minimum Gasteiger partial charge on any atom is -0.545 e. The second-order valence-corrected chi connectivity index (χ2v) is 19.9. The summed E-state index contributed by atoms with van der Waals surface area (Å²) >= 11 is 0. The van der Waals surface area contributed by atoms with Crippen molar-refractivity contribution in [2.24, 2.45) is 0 Å². The highest BCUT2D eigenvalue weighted by Crippen LogP contribution is 2.15. The Morgan fingerprint density at radius 1 is 0.435 bits per heavy atom. The third kappa shape index (κ3) is 52.4. The number of nitrogens with zero attached hydrogens (tertiary/aromatic N) is 1. The number of esters is 2. The minimum absolute atomic E-state index is 0.141. The molecule has 0 fully saturated rings. The van der Waals surface area contributed by atoms with Gasteiger partial charge in [-0.25, -0.2) is 0 Å². The molecule has 0 saturated heterocycles. The minimum atomic E-state index is -1.63. The number of carboxylic acid groups (broad SMARTS) is 1. The smallest absolute Gasteiger partial charge is 0.306 e. The highest BCUT2D eigenvalue weighted by atomic mass is 16.7. The first kappa shape index (κ1) is 65.7. The third-order valence-electron chi connectivity index (χ3n) is 11.9. The van der Waals surface area contributed by atoms with Crippen molar-refractivity contribution in [3.8, 4) is 0 Å². The van der Waals surface area contributed by atoms with Crippen molar-refractivity contribution in [3.63, 3.8) is 0 Å². The Morgan fingerprint density at radius 3 is 1.19 bits per heavy atom. The lowest BCUT2D eigenvalue weighted by molar-refractivity contribution is -0.870. The second-order valence-electron chi connectivity index (χ2n) is 19.9. The fourth-order valence-corrected chi connectivity index (χ4v) is 7.55. The molecule has 0 aliphatic carbocycles. The van der Waals surface area contributed by atoms with Crippen molar-refractivity contribution in [3.05, 3.63) is 72.9 Å². The van der Waals surface area contributed by atoms with Gasteiger partial charge in [0.15, 0.2) is 12.4 Å². The highest BCUT2D eigenvalue weighted by Gasteiger charge is 2.22. The van der Waals surface area contributed by atoms with E-state index < -0.39 is 24.3 Å². The zero-order chi connectivity index (χ0) is 50.6. The lowest BCUT2D eigenvalue weighted by Crippen LogP contribution is -2.44. The lowest BCUT2D eigenvalue weighted by atomic mass is 10.0. The van der Waals surface area contributed by atoms with E-state index in [0.29, 0.717) is 17.4 Å². The lowest BCUT2D eigenvalue weighted by Gasteiger charge is -2.26. The van der Waals surface area contributed by atoms with Crippen LogP contribution in [0.5, 0.6) is 0 Å². The third-order valence-corrected chi connectivity index (χ3v) is 11.9. The van der Waals surface area contributed by atoms with Crippen molar-refractivity contribution in [1.29, 1.82) is 0 Å². The Kier molecular flexibility index (Phi) is 48.7. The molecular weight excluding hydrogens is 863 g/mol. The summed E-state index contributed by atoms with van der Waals surface area (Å²) in [4.78, 5) is 37.2. The molecule has 0 bridgehead atoms. The van der Waals surface area contributed by atoms with E-state index in [1.165, 1.54) is 116 Å². The van der Waals surface area contributed by atoms with Crippen LogP contribution < -0.4 is 5.11 Å². The van der Waals surface area contributed by atoms with Crippen molar-refractivity contribution in [2.75, 3.05) is 47.5 Å². The second kappa shape index (κ2) is 51.1. The Hall–Kier alpha value is -3.27. The van der Waals surface area contributed by atoms with Crippen molar-refractivity contribution in [2.45, 2.75) is 245 Å². The van der Waals surface area contributed by atoms with Gasteiger partial charge in [0, 0.05) is 12.8 Å². The van der Waals surface area contributed by atoms with Gasteiger partial charge >= 0.3 is 11.9 Å². The van der Waals surface area contributed by atoms with Crippen LogP contribution in [0.25, 0.3) is 0 Å². The molecule has 9 heteroatoms. The molecule has 0 amide bonds. The van der Waals surface area contributed by atoms with Gasteiger partial charge in [-0.15, -0.1) is 0 Å². The molecule has 0 heterocycles. The first-order chi connectivity index (χ1) is 33.6. The number of allylic oxidation sites excluding steroid dienone is 12. The fourth-order valence-electron chi connectivity index (χ4n) is 7.55. The predicted octanol–water partition coefficient (Wildman–Crippen LogP) is 14.9. The van der Waals surface area contributed by atoms with Gasteiger partial charge in [0.25, 0.3) is 0 Å². The van der Waals surface area contributed by atoms with Crippen LogP contribution in [0.4, 0.5) is 0 Å². The number of hydrogen-bond donors (Lipinski definition) is 0. The van der Waals surface area contributed by atoms with Gasteiger partial charge in [-0.05, 0) is 89.9 Å². The first-order valence-corrected chi connectivity index (χ1v) is 28.1. The van der Waals surface area contributed by atoms with Crippen LogP contribution in [0.1, 0.15) is 232 Å². The number of quaternary nitrogens is 1. The molecule has 0 radical (unpaired) electrons. The Morgan fingerprint density at radius 2 is 0.783 bits per heavy atom. The van der Waals surface area contributed by atoms with E-state index in [2.05, 4.69) is 86.8 Å². The molecule has 0 rings (SSSR count). The number of rotatable bonds is 51. The van der Waals surface area contributed by atoms with Crippen LogP contribution in [0.3, 0.4) is 0 Å². The molecule has 0 aliphatic heterocycles. The number of aliphatic carboxylic acids is 1. The van der Waals surface area contributed by atoms with E-state index in [-0.39, 0.29) is 38.6 Å². The van der Waals surface area contributed by atoms with Gasteiger partial charge in [0.1, 0.15) is 13.2 Å². The number of carbonyl (C=O) groups is 3. The quantitative estimate of drug-likeness (QED) is 0.0195. The number of ether oxygens (including phenoxy) is 4. The zero-order valence-electron chi connectivity index (χ0n) is 45.2. The topological polar surface area (TPSA) is 111 Å². The normalized spacial score (nSPS) is 13.3. The van der Waals surface area contributed by atoms with E-state index in [4.69, 9.17) is 18.9 Å². The molecule has 9 nitrogen and oxygen atoms in total. The van der Waals surface area contributed by atoms with Gasteiger partial charge in [-0.3, -0.25) is 9.59 Å². The van der Waals surface area contributed by atoms with E-state index in [9.17, 15) is 19.5 Å². The SMILES string of the molecule is CCCCC/C=C\C/C=C\C/C=C\CCCCCCCCC(=O)OCC(COC(OCC[N+](C)(C)C)C(=O)[O-])OC(=O)CCCCCCCCCCCC/C=C\C/C=C\C/C=C\CCCCCCC. The molecule has 398 valence electrons. The largest absolute Gasteiger partial charge is 0.545 e. The van der Waals surface area contributed by atoms with E-state index in [1.807, 2.05) is 21.1 Å². The average molecular weight is 968 g/mol. The Balaban J connectivity index is 4.31. The fraction of sp³-hybridized carbons (Fsp3) is 0.750. The Bertz CT molecular complexity index is 1360. The first-order valence-electron chi connectivity index (χ1n) is 28.1. The molecule has 0 aromatic rings. The van der Waals surface area contributed by atoms with Crippen molar-refractivity contribution < 1.29 is 42.9 Å². The van der Waals surface area contributed by atoms with Gasteiger partial charge < -0.3 is 33.3 Å². The maximum atomic E-state index is 12.9. The number of carbonyl (C=O) groups excluding carboxylic acids is 3. The zero-order valence-corrected chi connectivity index (χ0v) is 45.2. The van der Waals surface area contributed by atoms with Gasteiger partial charge in [0.05, 0.1) is 40.3 Å². The van der Waals surface area contributed by atoms with Gasteiger partial charge in [-0.1, -0.05) is 202 Å². The molecule has 69 heavy (non-hydrogen) atoms. The molecule has 0 aromatic heterocycles. The Labute approximate surface area is 424 Å². The van der Waals surface area contributed by atoms with Crippen molar-refractivity contribution >= 4 is 17.9 Å². The van der Waals surface area contributed by atoms with Gasteiger partial charge in [-0.2, -0.15) is 0 Å². The standard InChI is InChI=1S/C60H105NO8/c1-6-8-10-12-14-16-18-20-22-24-26-27-28-29-30-31-33-35-37-39-41-43-45-47-49-51-58(63)69-56(55-68-60(59(64)65)66-53-52-61(3,4)5)54-67-57(62)50-48-46-44-42-40-38-36-34-32-25-23-21-19-17-15-13-11-9-7-2/h15,17-18,20-21,23-24,26,28-29,32,34,56,60H,6-14,16,19,22,25,27,30-31,33,35-55H2,1-5H3/b17-15-,20-18-,23-21-,26-24-,29-28-,34-32-. The van der Waals surface area contributed by atoms with Crippen LogP contribution in [-0.2, 0) is 33.3 Å². The monoisotopic (exact) mass is 968 g/mol. The summed E-state index contributed by atoms with van der Waals surface area (Å²) in [6.07, 6.45) is 62.2. The van der Waals surface area contributed by atoms with E-state index in [0.717, 1.165) is 83.5 Å². The van der Waals surface area contributed by atoms with Crippen LogP contribution in [0.2, 0.25) is 0 Å². The molecule has 0 spiro atoms. The summed E-state index contributed by atoms with van der Waals surface area (Å²) in [6.45, 7) is 4.69. The maximum absolute atomic E-state index is 12.9. The summed E-state index contributed by atoms with van der Waals surface area (Å²) in [5, 5.41) is 11.8. The average Bonchev–Trinajstić information content (AvgIpc) is 3.31. The molecule has 0 aromatic carbocycles. The van der Waals surface area contributed by atoms with Crippen LogP contribution in [-0.4, -0.2) is 82.3 Å². The summed E-state index contributed by atoms with van der Waals surface area (Å²) in [5.74, 6) is -2.31. The number of likely N-dealkylation sites (N-methyl/N-ethyl adjacent to an activating group) is 1. The van der Waals surface area contributed by atoms with E-state index >= 15 is 0 Å². The highest BCUT2D eigenvalue weighted by molar-refractivity contribution is 5.70. The predicted molar refractivity (Wildman–Crippen MR) is 288 cm³/mol. The molecule has 0 N–H and O–H groups in total. The maximum Gasteiger partial charge on any atom is 0.306 e. The van der Waals surface area contributed by atoms with Crippen LogP contribution in [0, 0.1) is 0 Å². The molecule has 2 atom stereocenters. The van der Waals surface area contributed by atoms with Crippen LogP contribution in [0.15, 0.2) is 72.9 Å². The molecule has 0 aliphatic rings. The summed E-state index contributed by atoms with van der Waals surface area (Å²) < 4.78 is 22.7. The van der Waals surface area contributed by atoms with Crippen LogP contribution >= 0.6 is 0 Å². The number of carboxylic acids is 1. The van der Waals surface area contributed by atoms with Gasteiger partial charge in [0.2, 0.25) is 0 Å². The van der Waals surface area contributed by atoms with Crippen molar-refractivity contribution in [1.82, 2.24) is 0 Å².